The maximum atomic E-state index is 12.5. The van der Waals surface area contributed by atoms with E-state index in [0.29, 0.717) is 13.1 Å². The zero-order valence-electron chi connectivity index (χ0n) is 17.8. The Morgan fingerprint density at radius 2 is 1.69 bits per heavy atom. The van der Waals surface area contributed by atoms with E-state index in [1.54, 1.807) is 4.90 Å². The lowest BCUT2D eigenvalue weighted by Crippen LogP contribution is -2.45. The van der Waals surface area contributed by atoms with Crippen LogP contribution in [0.4, 0.5) is 16.2 Å². The van der Waals surface area contributed by atoms with Crippen molar-refractivity contribution in [2.45, 2.75) is 25.9 Å². The first-order chi connectivity index (χ1) is 15.7. The lowest BCUT2D eigenvalue weighted by atomic mass is 10.0. The number of carbonyl (C=O) groups excluding carboxylic acids is 2. The van der Waals surface area contributed by atoms with Crippen LogP contribution in [0.3, 0.4) is 0 Å². The van der Waals surface area contributed by atoms with Crippen molar-refractivity contribution in [3.05, 3.63) is 81.5 Å². The van der Waals surface area contributed by atoms with Gasteiger partial charge in [-0.2, -0.15) is 0 Å². The fourth-order valence-electron chi connectivity index (χ4n) is 4.37. The highest BCUT2D eigenvalue weighted by molar-refractivity contribution is 7.10. The van der Waals surface area contributed by atoms with E-state index in [2.05, 4.69) is 33.0 Å². The number of carbonyl (C=O) groups is 2. The van der Waals surface area contributed by atoms with Crippen molar-refractivity contribution in [2.75, 3.05) is 29.9 Å². The maximum absolute atomic E-state index is 12.5. The lowest BCUT2D eigenvalue weighted by Gasteiger charge is -2.29. The third-order valence-corrected chi connectivity index (χ3v) is 7.16. The van der Waals surface area contributed by atoms with Crippen LogP contribution in [0.5, 0.6) is 0 Å². The molecule has 164 valence electrons. The van der Waals surface area contributed by atoms with Crippen molar-refractivity contribution in [2.24, 2.45) is 0 Å². The molecule has 0 aliphatic carbocycles. The molecule has 3 amide bonds. The van der Waals surface area contributed by atoms with E-state index in [0.717, 1.165) is 37.3 Å². The van der Waals surface area contributed by atoms with Crippen LogP contribution in [0, 0.1) is 0 Å². The van der Waals surface area contributed by atoms with Gasteiger partial charge in [-0.15, -0.1) is 11.3 Å². The molecule has 0 bridgehead atoms. The SMILES string of the molecule is O=C(CNC(=O)N1CCc2ccccc2C1)Nc1ccc(N2CCc3sccc3C2)cc1. The standard InChI is InChI=1S/C25H26N4O2S/c30-24(15-26-25(31)29-12-9-18-3-1-2-4-19(18)16-29)27-21-5-7-22(8-6-21)28-13-10-23-20(17-28)11-14-32-23/h1-8,11,14H,9-10,12-13,15-17H2,(H,26,31)(H,27,30). The minimum atomic E-state index is -0.232. The van der Waals surface area contributed by atoms with Crippen LogP contribution in [-0.2, 0) is 30.7 Å². The van der Waals surface area contributed by atoms with Gasteiger partial charge in [0.05, 0.1) is 6.54 Å². The third kappa shape index (κ3) is 4.48. The molecule has 32 heavy (non-hydrogen) atoms. The third-order valence-electron chi connectivity index (χ3n) is 6.14. The lowest BCUT2D eigenvalue weighted by molar-refractivity contribution is -0.115. The van der Waals surface area contributed by atoms with Crippen molar-refractivity contribution < 1.29 is 9.59 Å². The van der Waals surface area contributed by atoms with Crippen LogP contribution in [0.15, 0.2) is 60.0 Å². The Kier molecular flexibility index (Phi) is 5.81. The van der Waals surface area contributed by atoms with Gasteiger partial charge in [0, 0.05) is 42.4 Å². The highest BCUT2D eigenvalue weighted by Gasteiger charge is 2.21. The van der Waals surface area contributed by atoms with Crippen molar-refractivity contribution in [3.8, 4) is 0 Å². The smallest absolute Gasteiger partial charge is 0.318 e. The number of hydrogen-bond acceptors (Lipinski definition) is 4. The number of rotatable bonds is 4. The summed E-state index contributed by atoms with van der Waals surface area (Å²) in [7, 11) is 0. The van der Waals surface area contributed by atoms with E-state index in [-0.39, 0.29) is 18.5 Å². The summed E-state index contributed by atoms with van der Waals surface area (Å²) in [5.74, 6) is -0.232. The number of fused-ring (bicyclic) bond motifs is 2. The number of benzene rings is 2. The Morgan fingerprint density at radius 1 is 0.875 bits per heavy atom. The molecule has 0 saturated heterocycles. The molecule has 1 aromatic heterocycles. The van der Waals surface area contributed by atoms with Crippen LogP contribution in [-0.4, -0.2) is 36.5 Å². The van der Waals surface area contributed by atoms with Gasteiger partial charge in [0.25, 0.3) is 0 Å². The van der Waals surface area contributed by atoms with E-state index in [9.17, 15) is 9.59 Å². The van der Waals surface area contributed by atoms with Crippen molar-refractivity contribution in [3.63, 3.8) is 0 Å². The average Bonchev–Trinajstić information content (AvgIpc) is 3.31. The molecule has 7 heteroatoms. The molecule has 0 atom stereocenters. The average molecular weight is 447 g/mol. The van der Waals surface area contributed by atoms with Gasteiger partial charge in [-0.3, -0.25) is 4.79 Å². The molecule has 2 aliphatic heterocycles. The summed E-state index contributed by atoms with van der Waals surface area (Å²) in [6.45, 7) is 3.12. The molecule has 3 aromatic rings. The molecule has 0 spiro atoms. The summed E-state index contributed by atoms with van der Waals surface area (Å²) in [4.78, 5) is 30.4. The summed E-state index contributed by atoms with van der Waals surface area (Å²) in [5, 5.41) is 7.77. The Morgan fingerprint density at radius 3 is 2.53 bits per heavy atom. The van der Waals surface area contributed by atoms with Crippen LogP contribution >= 0.6 is 11.3 Å². The van der Waals surface area contributed by atoms with Crippen LogP contribution in [0.25, 0.3) is 0 Å². The summed E-state index contributed by atoms with van der Waals surface area (Å²) >= 11 is 1.84. The van der Waals surface area contributed by atoms with Gasteiger partial charge in [-0.1, -0.05) is 24.3 Å². The highest BCUT2D eigenvalue weighted by Crippen LogP contribution is 2.28. The molecule has 6 nitrogen and oxygen atoms in total. The number of anilines is 2. The van der Waals surface area contributed by atoms with Crippen molar-refractivity contribution >= 4 is 34.6 Å². The topological polar surface area (TPSA) is 64.7 Å². The highest BCUT2D eigenvalue weighted by atomic mass is 32.1. The maximum Gasteiger partial charge on any atom is 0.318 e. The largest absolute Gasteiger partial charge is 0.367 e. The molecule has 0 unspecified atom stereocenters. The number of hydrogen-bond donors (Lipinski definition) is 2. The second-order valence-corrected chi connectivity index (χ2v) is 9.24. The Balaban J connectivity index is 1.10. The van der Waals surface area contributed by atoms with Gasteiger partial charge in [-0.25, -0.2) is 4.79 Å². The van der Waals surface area contributed by atoms with Gasteiger partial charge >= 0.3 is 6.03 Å². The predicted octanol–water partition coefficient (Wildman–Crippen LogP) is 4.02. The van der Waals surface area contributed by atoms with E-state index in [4.69, 9.17) is 0 Å². The first-order valence-corrected chi connectivity index (χ1v) is 11.8. The Hall–Kier alpha value is -3.32. The van der Waals surface area contributed by atoms with Crippen molar-refractivity contribution in [1.29, 1.82) is 0 Å². The Bertz CT molecular complexity index is 1120. The van der Waals surface area contributed by atoms with E-state index < -0.39 is 0 Å². The predicted molar refractivity (Wildman–Crippen MR) is 128 cm³/mol. The molecule has 3 heterocycles. The molecule has 5 rings (SSSR count). The van der Waals surface area contributed by atoms with Gasteiger partial charge in [-0.05, 0) is 65.2 Å². The second-order valence-electron chi connectivity index (χ2n) is 8.23. The zero-order valence-corrected chi connectivity index (χ0v) is 18.7. The summed E-state index contributed by atoms with van der Waals surface area (Å²) in [6.07, 6.45) is 1.92. The van der Waals surface area contributed by atoms with Crippen molar-refractivity contribution in [1.82, 2.24) is 10.2 Å². The van der Waals surface area contributed by atoms with Crippen LogP contribution in [0.2, 0.25) is 0 Å². The fourth-order valence-corrected chi connectivity index (χ4v) is 5.26. The van der Waals surface area contributed by atoms with Gasteiger partial charge in [0.15, 0.2) is 0 Å². The molecule has 2 N–H and O–H groups in total. The normalized spacial score (nSPS) is 15.0. The zero-order chi connectivity index (χ0) is 21.9. The van der Waals surface area contributed by atoms with Crippen LogP contribution < -0.4 is 15.5 Å². The van der Waals surface area contributed by atoms with Gasteiger partial charge in [0.1, 0.15) is 0 Å². The van der Waals surface area contributed by atoms with Gasteiger partial charge in [0.2, 0.25) is 5.91 Å². The minimum absolute atomic E-state index is 0.0498. The number of urea groups is 1. The molecule has 0 saturated carbocycles. The second kappa shape index (κ2) is 9.04. The van der Waals surface area contributed by atoms with E-state index in [1.165, 1.54) is 21.6 Å². The molecule has 0 fully saturated rings. The summed E-state index contributed by atoms with van der Waals surface area (Å²) in [5.41, 5.74) is 5.75. The number of amides is 3. The van der Waals surface area contributed by atoms with Crippen LogP contribution in [0.1, 0.15) is 21.6 Å². The number of nitrogens with zero attached hydrogens (tertiary/aromatic N) is 2. The fraction of sp³-hybridized carbons (Fsp3) is 0.280. The number of thiophene rings is 1. The minimum Gasteiger partial charge on any atom is -0.367 e. The summed E-state index contributed by atoms with van der Waals surface area (Å²) < 4.78 is 0. The Labute approximate surface area is 191 Å². The first-order valence-electron chi connectivity index (χ1n) is 11.0. The van der Waals surface area contributed by atoms with E-state index >= 15 is 0 Å². The van der Waals surface area contributed by atoms with Gasteiger partial charge < -0.3 is 20.4 Å². The first kappa shape index (κ1) is 20.6. The van der Waals surface area contributed by atoms with E-state index in [1.807, 2.05) is 53.8 Å². The monoisotopic (exact) mass is 446 g/mol. The number of nitrogens with one attached hydrogen (secondary N) is 2. The summed E-state index contributed by atoms with van der Waals surface area (Å²) in [6, 6.07) is 18.1. The molecule has 0 radical (unpaired) electrons. The molecule has 2 aromatic carbocycles. The molecule has 2 aliphatic rings. The molecular formula is C25H26N4O2S. The quantitative estimate of drug-likeness (QED) is 0.636. The molecular weight excluding hydrogens is 420 g/mol.